The lowest BCUT2D eigenvalue weighted by molar-refractivity contribution is -0.0607. The monoisotopic (exact) mass is 324 g/mol. The summed E-state index contributed by atoms with van der Waals surface area (Å²) in [6.07, 6.45) is 6.45. The van der Waals surface area contributed by atoms with Crippen LogP contribution in [0.2, 0.25) is 0 Å². The van der Waals surface area contributed by atoms with Gasteiger partial charge in [0.1, 0.15) is 0 Å². The Morgan fingerprint density at radius 2 is 1.93 bits per heavy atom. The van der Waals surface area contributed by atoms with Crippen LogP contribution in [0.3, 0.4) is 0 Å². The lowest BCUT2D eigenvalue weighted by atomic mass is 9.80. The van der Waals surface area contributed by atoms with Crippen LogP contribution < -0.4 is 0 Å². The number of rotatable bonds is 5. The van der Waals surface area contributed by atoms with Crippen LogP contribution in [-0.2, 0) is 4.74 Å². The minimum absolute atomic E-state index is 0.224. The van der Waals surface area contributed by atoms with E-state index >= 15 is 0 Å². The molecule has 0 unspecified atom stereocenters. The van der Waals surface area contributed by atoms with Crippen LogP contribution >= 0.6 is 22.6 Å². The molecule has 0 heterocycles. The van der Waals surface area contributed by atoms with Gasteiger partial charge in [0.05, 0.1) is 5.60 Å². The Bertz CT molecular complexity index is 171. The fourth-order valence-electron chi connectivity index (χ4n) is 2.12. The highest BCUT2D eigenvalue weighted by molar-refractivity contribution is 14.1. The fraction of sp³-hybridized carbons (Fsp3) is 1.00. The van der Waals surface area contributed by atoms with Crippen LogP contribution in [0.1, 0.15) is 52.9 Å². The van der Waals surface area contributed by atoms with Gasteiger partial charge in [-0.25, -0.2) is 0 Å². The quantitative estimate of drug-likeness (QED) is 0.537. The number of halogens is 1. The van der Waals surface area contributed by atoms with Gasteiger partial charge in [-0.05, 0) is 43.9 Å². The first-order chi connectivity index (χ1) is 7.08. The molecule has 0 spiro atoms. The van der Waals surface area contributed by atoms with Gasteiger partial charge in [-0.15, -0.1) is 0 Å². The molecule has 1 aliphatic rings. The van der Waals surface area contributed by atoms with Crippen molar-refractivity contribution in [1.29, 1.82) is 0 Å². The maximum Gasteiger partial charge on any atom is 0.0771 e. The van der Waals surface area contributed by atoms with E-state index in [0.717, 1.165) is 22.9 Å². The summed E-state index contributed by atoms with van der Waals surface area (Å²) in [4.78, 5) is 0. The Balaban J connectivity index is 2.33. The SMILES string of the molecule is CC(C)CCOC1(CI)CCC(C)CC1. The van der Waals surface area contributed by atoms with Crippen LogP contribution in [0.15, 0.2) is 0 Å². The number of ether oxygens (including phenoxy) is 1. The van der Waals surface area contributed by atoms with Crippen LogP contribution in [0.4, 0.5) is 0 Å². The molecule has 0 saturated heterocycles. The molecule has 0 aromatic carbocycles. The Morgan fingerprint density at radius 3 is 2.40 bits per heavy atom. The minimum atomic E-state index is 0.224. The van der Waals surface area contributed by atoms with Gasteiger partial charge in [-0.2, -0.15) is 0 Å². The zero-order chi connectivity index (χ0) is 11.3. The summed E-state index contributed by atoms with van der Waals surface area (Å²) in [5, 5.41) is 0. The van der Waals surface area contributed by atoms with E-state index in [1.807, 2.05) is 0 Å². The molecule has 0 amide bonds. The third-order valence-corrected chi connectivity index (χ3v) is 4.92. The van der Waals surface area contributed by atoms with Crippen molar-refractivity contribution in [3.63, 3.8) is 0 Å². The van der Waals surface area contributed by atoms with Crippen molar-refractivity contribution in [3.8, 4) is 0 Å². The van der Waals surface area contributed by atoms with Crippen molar-refractivity contribution >= 4 is 22.6 Å². The molecule has 0 radical (unpaired) electrons. The molecule has 0 atom stereocenters. The van der Waals surface area contributed by atoms with Gasteiger partial charge in [0.2, 0.25) is 0 Å². The zero-order valence-electron chi connectivity index (χ0n) is 10.4. The average molecular weight is 324 g/mol. The van der Waals surface area contributed by atoms with Crippen molar-refractivity contribution in [3.05, 3.63) is 0 Å². The van der Waals surface area contributed by atoms with Gasteiger partial charge in [0.15, 0.2) is 0 Å². The first kappa shape index (κ1) is 13.8. The molecule has 1 nitrogen and oxygen atoms in total. The highest BCUT2D eigenvalue weighted by Crippen LogP contribution is 2.36. The maximum absolute atomic E-state index is 6.17. The van der Waals surface area contributed by atoms with Gasteiger partial charge >= 0.3 is 0 Å². The maximum atomic E-state index is 6.17. The second-order valence-corrected chi connectivity index (χ2v) is 6.29. The molecule has 0 aromatic rings. The standard InChI is InChI=1S/C13H25IO/c1-11(2)6-9-15-13(10-14)7-4-12(3)5-8-13/h11-12H,4-10H2,1-3H3. The largest absolute Gasteiger partial charge is 0.374 e. The lowest BCUT2D eigenvalue weighted by Gasteiger charge is -2.38. The van der Waals surface area contributed by atoms with Gasteiger partial charge in [-0.3, -0.25) is 0 Å². The van der Waals surface area contributed by atoms with E-state index in [1.54, 1.807) is 0 Å². The zero-order valence-corrected chi connectivity index (χ0v) is 12.5. The predicted molar refractivity (Wildman–Crippen MR) is 74.7 cm³/mol. The molecule has 1 fully saturated rings. The van der Waals surface area contributed by atoms with Gasteiger partial charge in [-0.1, -0.05) is 43.4 Å². The van der Waals surface area contributed by atoms with Crippen molar-refractivity contribution < 1.29 is 4.74 Å². The molecule has 0 aliphatic heterocycles. The highest BCUT2D eigenvalue weighted by Gasteiger charge is 2.33. The fourth-order valence-corrected chi connectivity index (χ4v) is 3.10. The second-order valence-electron chi connectivity index (χ2n) is 5.53. The van der Waals surface area contributed by atoms with Crippen molar-refractivity contribution in [2.75, 3.05) is 11.0 Å². The summed E-state index contributed by atoms with van der Waals surface area (Å²) < 4.78 is 7.33. The number of alkyl halides is 1. The van der Waals surface area contributed by atoms with E-state index in [1.165, 1.54) is 32.1 Å². The summed E-state index contributed by atoms with van der Waals surface area (Å²) in [7, 11) is 0. The van der Waals surface area contributed by atoms with Gasteiger partial charge in [0.25, 0.3) is 0 Å². The highest BCUT2D eigenvalue weighted by atomic mass is 127. The Hall–Kier alpha value is 0.690. The van der Waals surface area contributed by atoms with E-state index in [4.69, 9.17) is 4.74 Å². The first-order valence-electron chi connectivity index (χ1n) is 6.28. The molecule has 1 rings (SSSR count). The molecule has 1 aliphatic carbocycles. The molecule has 2 heteroatoms. The molecule has 15 heavy (non-hydrogen) atoms. The van der Waals surface area contributed by atoms with Gasteiger partial charge < -0.3 is 4.74 Å². The van der Waals surface area contributed by atoms with Crippen molar-refractivity contribution in [1.82, 2.24) is 0 Å². The summed E-state index contributed by atoms with van der Waals surface area (Å²) in [5.41, 5.74) is 0.224. The van der Waals surface area contributed by atoms with Crippen LogP contribution in [0.25, 0.3) is 0 Å². The molecule has 0 bridgehead atoms. The van der Waals surface area contributed by atoms with Crippen LogP contribution in [0, 0.1) is 11.8 Å². The Kier molecular flexibility index (Phi) is 5.90. The normalized spacial score (nSPS) is 32.2. The van der Waals surface area contributed by atoms with E-state index in [-0.39, 0.29) is 5.60 Å². The molecule has 0 aromatic heterocycles. The third-order valence-electron chi connectivity index (χ3n) is 3.53. The summed E-state index contributed by atoms with van der Waals surface area (Å²) in [6, 6.07) is 0. The first-order valence-corrected chi connectivity index (χ1v) is 7.80. The van der Waals surface area contributed by atoms with E-state index in [2.05, 4.69) is 43.4 Å². The molecule has 1 saturated carbocycles. The molecule has 90 valence electrons. The Morgan fingerprint density at radius 1 is 1.33 bits per heavy atom. The number of hydrogen-bond donors (Lipinski definition) is 0. The topological polar surface area (TPSA) is 9.23 Å². The van der Waals surface area contributed by atoms with Crippen LogP contribution in [-0.4, -0.2) is 16.6 Å². The second kappa shape index (κ2) is 6.43. The average Bonchev–Trinajstić information content (AvgIpc) is 2.21. The molecular weight excluding hydrogens is 299 g/mol. The van der Waals surface area contributed by atoms with Gasteiger partial charge in [0, 0.05) is 11.0 Å². The molecule has 0 N–H and O–H groups in total. The summed E-state index contributed by atoms with van der Waals surface area (Å²) in [5.74, 6) is 1.67. The summed E-state index contributed by atoms with van der Waals surface area (Å²) in [6.45, 7) is 7.85. The van der Waals surface area contributed by atoms with Crippen LogP contribution in [0.5, 0.6) is 0 Å². The Labute approximate surface area is 108 Å². The molecular formula is C13H25IO. The third kappa shape index (κ3) is 4.59. The van der Waals surface area contributed by atoms with E-state index in [0.29, 0.717) is 0 Å². The predicted octanol–water partition coefficient (Wildman–Crippen LogP) is 4.43. The van der Waals surface area contributed by atoms with Crippen molar-refractivity contribution in [2.24, 2.45) is 11.8 Å². The van der Waals surface area contributed by atoms with E-state index < -0.39 is 0 Å². The van der Waals surface area contributed by atoms with Crippen molar-refractivity contribution in [2.45, 2.75) is 58.5 Å². The minimum Gasteiger partial charge on any atom is -0.374 e. The van der Waals surface area contributed by atoms with E-state index in [9.17, 15) is 0 Å². The number of hydrogen-bond acceptors (Lipinski definition) is 1. The summed E-state index contributed by atoms with van der Waals surface area (Å²) >= 11 is 2.50. The lowest BCUT2D eigenvalue weighted by Crippen LogP contribution is -2.39. The smallest absolute Gasteiger partial charge is 0.0771 e.